The minimum absolute atomic E-state index is 0.0801. The second kappa shape index (κ2) is 27.2. The Morgan fingerprint density at radius 3 is 1.51 bits per heavy atom. The molecule has 63 heavy (non-hydrogen) atoms. The van der Waals surface area contributed by atoms with Gasteiger partial charge in [-0.1, -0.05) is 146 Å². The Bertz CT molecular complexity index is 2790. The van der Waals surface area contributed by atoms with Gasteiger partial charge in [-0.3, -0.25) is 0 Å². The molecule has 0 aliphatic carbocycles. The lowest BCUT2D eigenvalue weighted by atomic mass is 9.81. The zero-order valence-electron chi connectivity index (χ0n) is 37.7. The number of para-hydroxylation sites is 2. The highest BCUT2D eigenvalue weighted by Gasteiger charge is 2.44. The number of hydrogen-bond donors (Lipinski definition) is 0. The molecule has 308 valence electrons. The van der Waals surface area contributed by atoms with Crippen molar-refractivity contribution in [3.05, 3.63) is 95.7 Å². The smallest absolute Gasteiger partial charge is 0.243 e. The number of anilines is 1. The van der Waals surface area contributed by atoms with Crippen LogP contribution in [0.2, 0.25) is 0 Å². The monoisotopic (exact) mass is 815 g/mol. The van der Waals surface area contributed by atoms with E-state index < -0.39 is 0 Å². The summed E-state index contributed by atoms with van der Waals surface area (Å²) in [4.78, 5) is 2.56. The molecule has 0 fully saturated rings. The molecule has 0 saturated heterocycles. The maximum atomic E-state index is 5.00. The topological polar surface area (TPSA) is 6.25 Å². The van der Waals surface area contributed by atoms with Gasteiger partial charge in [0, 0.05) is 106 Å². The highest BCUT2D eigenvalue weighted by atomic mass is 15.2. The number of nitrogens with zero attached hydrogens (tertiary/aromatic N) is 2. The molecule has 0 N–H and O–H groups in total. The van der Waals surface area contributed by atoms with Crippen molar-refractivity contribution in [1.82, 2.24) is 0 Å². The van der Waals surface area contributed by atoms with Gasteiger partial charge < -0.3 is 4.90 Å². The summed E-state index contributed by atoms with van der Waals surface area (Å²) in [5.41, 5.74) is 7.09. The number of benzene rings is 2. The van der Waals surface area contributed by atoms with E-state index in [1.54, 1.807) is 0 Å². The van der Waals surface area contributed by atoms with Gasteiger partial charge in [0.25, 0.3) is 0 Å². The third-order valence-corrected chi connectivity index (χ3v) is 10.8. The molecule has 0 atom stereocenters. The fraction of sp³-hybridized carbons (Fsp3) is 0.328. The van der Waals surface area contributed by atoms with Crippen molar-refractivity contribution in [1.29, 1.82) is 0 Å². The summed E-state index contributed by atoms with van der Waals surface area (Å²) >= 11 is 0. The van der Waals surface area contributed by atoms with Crippen LogP contribution < -0.4 is 4.90 Å². The molecule has 2 aliphatic rings. The van der Waals surface area contributed by atoms with E-state index in [4.69, 9.17) is 6.42 Å². The van der Waals surface area contributed by atoms with Crippen LogP contribution in [0.25, 0.3) is 0 Å². The van der Waals surface area contributed by atoms with Crippen LogP contribution >= 0.6 is 0 Å². The second-order valence-corrected chi connectivity index (χ2v) is 16.0. The fourth-order valence-electron chi connectivity index (χ4n) is 7.65. The Hall–Kier alpha value is -7.71. The van der Waals surface area contributed by atoms with E-state index in [2.05, 4.69) is 237 Å². The highest BCUT2D eigenvalue weighted by Crippen LogP contribution is 2.47. The molecule has 2 aliphatic heterocycles. The van der Waals surface area contributed by atoms with E-state index in [-0.39, 0.29) is 10.8 Å². The standard InChI is InChI=1S/C61H55N2/c1-7-9-11-13-15-17-19-21-22-23-24-25-26-27-28-30-32-34-36-45-53-63-57-49-43-41-47-55(57)61(5,6)59(63)51-39-37-38-50-58-60(3,4)54-46-40-42-48-56(54)62(58)52-44-35-33-31-29-20-18-16-14-12-10-8-2/h1,37-43,46-51H,8,10,12,14,16,18,20,29,31,33,35,44,52H2,2-6H3/q+1. The average molecular weight is 816 g/mol. The lowest BCUT2D eigenvalue weighted by Crippen LogP contribution is -2.27. The maximum Gasteiger partial charge on any atom is 0.243 e. The summed E-state index contributed by atoms with van der Waals surface area (Å²) in [7, 11) is 0. The summed E-state index contributed by atoms with van der Waals surface area (Å²) < 4.78 is 2.03. The Balaban J connectivity index is 1.40. The van der Waals surface area contributed by atoms with E-state index >= 15 is 0 Å². The fourth-order valence-corrected chi connectivity index (χ4v) is 7.65. The molecular formula is C61H55N2+. The molecule has 0 unspecified atom stereocenters. The van der Waals surface area contributed by atoms with Crippen LogP contribution in [0, 0.1) is 131 Å². The quantitative estimate of drug-likeness (QED) is 0.0708. The van der Waals surface area contributed by atoms with Crippen molar-refractivity contribution < 1.29 is 4.58 Å². The first-order valence-electron chi connectivity index (χ1n) is 22.0. The summed E-state index contributed by atoms with van der Waals surface area (Å²) in [5, 5.41) is 0. The molecule has 0 saturated carbocycles. The zero-order valence-corrected chi connectivity index (χ0v) is 37.7. The molecular weight excluding hydrogens is 761 g/mol. The number of rotatable bonds is 16. The van der Waals surface area contributed by atoms with Gasteiger partial charge in [-0.25, -0.2) is 0 Å². The Kier molecular flexibility index (Phi) is 20.7. The first-order chi connectivity index (χ1) is 30.8. The molecule has 0 bridgehead atoms. The van der Waals surface area contributed by atoms with E-state index in [0.29, 0.717) is 0 Å². The molecule has 0 spiro atoms. The molecule has 0 amide bonds. The van der Waals surface area contributed by atoms with Gasteiger partial charge in [0.05, 0.1) is 11.3 Å². The van der Waals surface area contributed by atoms with E-state index in [0.717, 1.165) is 17.9 Å². The van der Waals surface area contributed by atoms with E-state index in [9.17, 15) is 0 Å². The van der Waals surface area contributed by atoms with Crippen LogP contribution in [0.3, 0.4) is 0 Å². The molecule has 0 aromatic heterocycles. The van der Waals surface area contributed by atoms with E-state index in [1.165, 1.54) is 99.6 Å². The SMILES string of the molecule is C#CC#CC#CC#CC#CC#CC#CC#CC#CC#CC#C[N+]1=C(/C=C/C=C/C=C2/N(CCCCCCCCCCCCCC)c3ccccc3C2(C)C)C(C)(C)c2ccccc21. The normalized spacial score (nSPS) is 13.4. The van der Waals surface area contributed by atoms with Crippen LogP contribution in [0.1, 0.15) is 123 Å². The van der Waals surface area contributed by atoms with Crippen LogP contribution in [-0.2, 0) is 10.8 Å². The third kappa shape index (κ3) is 15.4. The summed E-state index contributed by atoms with van der Waals surface area (Å²) in [5.74, 6) is 51.6. The van der Waals surface area contributed by atoms with Crippen molar-refractivity contribution in [2.45, 2.75) is 122 Å². The number of hydrogen-bond acceptors (Lipinski definition) is 1. The molecule has 2 aromatic rings. The number of allylic oxidation sites excluding steroid dienone is 6. The van der Waals surface area contributed by atoms with Crippen molar-refractivity contribution in [2.75, 3.05) is 11.4 Å². The van der Waals surface area contributed by atoms with Gasteiger partial charge in [-0.15, -0.1) is 11.0 Å². The summed E-state index contributed by atoms with van der Waals surface area (Å²) in [6, 6.07) is 20.6. The van der Waals surface area contributed by atoms with Crippen molar-refractivity contribution in [3.8, 4) is 131 Å². The molecule has 2 heteroatoms. The Labute approximate surface area is 380 Å². The summed E-state index contributed by atoms with van der Waals surface area (Å²) in [6.45, 7) is 12.5. The minimum Gasteiger partial charge on any atom is -0.344 e. The maximum absolute atomic E-state index is 5.00. The first-order valence-corrected chi connectivity index (χ1v) is 22.0. The number of terminal acetylenes is 1. The van der Waals surface area contributed by atoms with Crippen LogP contribution in [0.4, 0.5) is 11.4 Å². The van der Waals surface area contributed by atoms with Crippen LogP contribution in [-0.4, -0.2) is 16.8 Å². The molecule has 2 heterocycles. The lowest BCUT2D eigenvalue weighted by Gasteiger charge is -2.27. The number of fused-ring (bicyclic) bond motifs is 2. The zero-order chi connectivity index (χ0) is 44.9. The highest BCUT2D eigenvalue weighted by molar-refractivity contribution is 6.03. The van der Waals surface area contributed by atoms with Crippen molar-refractivity contribution in [3.63, 3.8) is 0 Å². The summed E-state index contributed by atoms with van der Waals surface area (Å²) in [6.07, 6.45) is 32.1. The van der Waals surface area contributed by atoms with Crippen molar-refractivity contribution >= 4 is 17.1 Å². The molecule has 0 radical (unpaired) electrons. The first kappa shape index (κ1) is 48.0. The van der Waals surface area contributed by atoms with Gasteiger partial charge in [-0.2, -0.15) is 0 Å². The van der Waals surface area contributed by atoms with Crippen LogP contribution in [0.15, 0.2) is 84.6 Å². The predicted octanol–water partition coefficient (Wildman–Crippen LogP) is 11.2. The third-order valence-electron chi connectivity index (χ3n) is 10.8. The van der Waals surface area contributed by atoms with Gasteiger partial charge in [-0.05, 0) is 85.3 Å². The Morgan fingerprint density at radius 1 is 0.508 bits per heavy atom. The van der Waals surface area contributed by atoms with E-state index in [1.807, 2.05) is 10.6 Å². The lowest BCUT2D eigenvalue weighted by molar-refractivity contribution is -0.332. The van der Waals surface area contributed by atoms with Crippen LogP contribution in [0.5, 0.6) is 0 Å². The largest absolute Gasteiger partial charge is 0.344 e. The molecule has 2 aromatic carbocycles. The Morgan fingerprint density at radius 2 is 0.968 bits per heavy atom. The van der Waals surface area contributed by atoms with Crippen molar-refractivity contribution in [2.24, 2.45) is 0 Å². The van der Waals surface area contributed by atoms with Gasteiger partial charge in [0.2, 0.25) is 17.4 Å². The minimum atomic E-state index is -0.253. The predicted molar refractivity (Wildman–Crippen MR) is 265 cm³/mol. The number of unbranched alkanes of at least 4 members (excludes halogenated alkanes) is 11. The van der Waals surface area contributed by atoms with Gasteiger partial charge in [0.15, 0.2) is 0 Å². The molecule has 2 nitrogen and oxygen atoms in total. The van der Waals surface area contributed by atoms with Gasteiger partial charge >= 0.3 is 0 Å². The second-order valence-electron chi connectivity index (χ2n) is 16.0. The molecule has 4 rings (SSSR count). The van der Waals surface area contributed by atoms with Gasteiger partial charge in [0.1, 0.15) is 0 Å². The average Bonchev–Trinajstić information content (AvgIpc) is 3.63.